The van der Waals surface area contributed by atoms with Crippen molar-refractivity contribution < 1.29 is 4.39 Å². The van der Waals surface area contributed by atoms with Crippen molar-refractivity contribution in [3.63, 3.8) is 0 Å². The van der Waals surface area contributed by atoms with E-state index in [2.05, 4.69) is 34.3 Å². The maximum atomic E-state index is 13.4. The van der Waals surface area contributed by atoms with Crippen LogP contribution in [0.15, 0.2) is 52.1 Å². The normalized spacial score (nSPS) is 24.0. The molecule has 1 unspecified atom stereocenters. The van der Waals surface area contributed by atoms with Crippen LogP contribution in [0.1, 0.15) is 54.8 Å². The number of halogens is 2. The van der Waals surface area contributed by atoms with E-state index in [9.17, 15) is 14.0 Å². The van der Waals surface area contributed by atoms with E-state index >= 15 is 0 Å². The number of benzene rings is 1. The summed E-state index contributed by atoms with van der Waals surface area (Å²) in [5.74, 6) is 0.936. The van der Waals surface area contributed by atoms with Gasteiger partial charge in [-0.3, -0.25) is 9.78 Å². The Kier molecular flexibility index (Phi) is 5.86. The van der Waals surface area contributed by atoms with Gasteiger partial charge in [-0.1, -0.05) is 42.0 Å². The molecular weight excluding hydrogens is 391 g/mol. The molecule has 0 saturated heterocycles. The zero-order valence-electron chi connectivity index (χ0n) is 16.1. The molecule has 2 N–H and O–H groups in total. The summed E-state index contributed by atoms with van der Waals surface area (Å²) in [5.41, 5.74) is 1.01. The fraction of sp³-hybridized carbons (Fsp3) is 0.391. The average Bonchev–Trinajstić information content (AvgIpc) is 2.72. The molecule has 152 valence electrons. The predicted octanol–water partition coefficient (Wildman–Crippen LogP) is 4.85. The number of aromatic nitrogens is 2. The van der Waals surface area contributed by atoms with Crippen LogP contribution in [-0.4, -0.2) is 9.97 Å². The van der Waals surface area contributed by atoms with Crippen molar-refractivity contribution in [2.75, 3.05) is 0 Å². The van der Waals surface area contributed by atoms with E-state index < -0.39 is 17.1 Å². The van der Waals surface area contributed by atoms with E-state index in [4.69, 9.17) is 11.6 Å². The van der Waals surface area contributed by atoms with E-state index in [-0.39, 0.29) is 17.4 Å². The third-order valence-electron chi connectivity index (χ3n) is 6.26. The fourth-order valence-electron chi connectivity index (χ4n) is 4.69. The minimum atomic E-state index is -0.485. The molecule has 29 heavy (non-hydrogen) atoms. The van der Waals surface area contributed by atoms with Crippen molar-refractivity contribution in [1.29, 1.82) is 0 Å². The van der Waals surface area contributed by atoms with Crippen LogP contribution in [0.2, 0.25) is 5.02 Å². The molecule has 0 amide bonds. The summed E-state index contributed by atoms with van der Waals surface area (Å²) < 4.78 is 13.4. The van der Waals surface area contributed by atoms with Crippen LogP contribution in [0.5, 0.6) is 0 Å². The number of hydrogen-bond donors (Lipinski definition) is 2. The highest BCUT2D eigenvalue weighted by atomic mass is 35.5. The Morgan fingerprint density at radius 3 is 2.55 bits per heavy atom. The largest absolute Gasteiger partial charge is 0.325 e. The zero-order valence-corrected chi connectivity index (χ0v) is 16.8. The van der Waals surface area contributed by atoms with Crippen molar-refractivity contribution in [3.8, 4) is 0 Å². The van der Waals surface area contributed by atoms with Gasteiger partial charge in [0.25, 0.3) is 5.56 Å². The van der Waals surface area contributed by atoms with Gasteiger partial charge in [-0.2, -0.15) is 0 Å². The lowest BCUT2D eigenvalue weighted by Crippen LogP contribution is -2.31. The third kappa shape index (κ3) is 4.45. The van der Waals surface area contributed by atoms with Gasteiger partial charge in [0, 0.05) is 22.7 Å². The first kappa shape index (κ1) is 19.9. The SMILES string of the molecule is O=c1[nH]c(=O)c(Cc2ccc(F)cc2Cl)c([C@H]2CC[C@H](C3C=CC=CC3)CC2)[nH]1. The molecule has 1 aromatic heterocycles. The number of aromatic amines is 2. The zero-order chi connectivity index (χ0) is 20.4. The number of H-pyrrole nitrogens is 2. The third-order valence-corrected chi connectivity index (χ3v) is 6.61. The van der Waals surface area contributed by atoms with E-state index in [1.165, 1.54) is 12.1 Å². The molecule has 0 bridgehead atoms. The Morgan fingerprint density at radius 2 is 1.86 bits per heavy atom. The van der Waals surface area contributed by atoms with Crippen molar-refractivity contribution in [2.45, 2.75) is 44.4 Å². The van der Waals surface area contributed by atoms with Gasteiger partial charge in [0.05, 0.1) is 0 Å². The molecule has 1 fully saturated rings. The van der Waals surface area contributed by atoms with Crippen LogP contribution in [0.4, 0.5) is 4.39 Å². The molecular formula is C23H24ClFN2O2. The molecule has 4 nitrogen and oxygen atoms in total. The first-order chi connectivity index (χ1) is 14.0. The van der Waals surface area contributed by atoms with Crippen molar-refractivity contribution in [1.82, 2.24) is 9.97 Å². The molecule has 2 aromatic rings. The van der Waals surface area contributed by atoms with Crippen LogP contribution in [0, 0.1) is 17.7 Å². The van der Waals surface area contributed by atoms with Gasteiger partial charge < -0.3 is 4.98 Å². The van der Waals surface area contributed by atoms with Gasteiger partial charge in [-0.05, 0) is 67.6 Å². The lowest BCUT2D eigenvalue weighted by Gasteiger charge is -2.33. The van der Waals surface area contributed by atoms with Crippen molar-refractivity contribution in [2.24, 2.45) is 11.8 Å². The predicted molar refractivity (Wildman–Crippen MR) is 113 cm³/mol. The Labute approximate surface area is 173 Å². The minimum Gasteiger partial charge on any atom is -0.311 e. The van der Waals surface area contributed by atoms with E-state index in [1.807, 2.05) is 0 Å². The summed E-state index contributed by atoms with van der Waals surface area (Å²) in [6.45, 7) is 0. The molecule has 2 aliphatic carbocycles. The molecule has 0 aliphatic heterocycles. The van der Waals surface area contributed by atoms with E-state index in [0.717, 1.165) is 32.1 Å². The van der Waals surface area contributed by atoms with Crippen LogP contribution in [0.25, 0.3) is 0 Å². The highest BCUT2D eigenvalue weighted by molar-refractivity contribution is 6.31. The maximum Gasteiger partial charge on any atom is 0.325 e. The highest BCUT2D eigenvalue weighted by Gasteiger charge is 2.29. The maximum absolute atomic E-state index is 13.4. The van der Waals surface area contributed by atoms with Crippen LogP contribution in [-0.2, 0) is 6.42 Å². The number of allylic oxidation sites excluding steroid dienone is 4. The first-order valence-electron chi connectivity index (χ1n) is 10.1. The van der Waals surface area contributed by atoms with Crippen LogP contribution >= 0.6 is 11.6 Å². The second-order valence-corrected chi connectivity index (χ2v) is 8.44. The Bertz CT molecular complexity index is 1060. The molecule has 1 atom stereocenters. The molecule has 0 radical (unpaired) electrons. The van der Waals surface area contributed by atoms with Crippen LogP contribution < -0.4 is 11.2 Å². The van der Waals surface area contributed by atoms with Gasteiger partial charge in [0.2, 0.25) is 0 Å². The monoisotopic (exact) mass is 414 g/mol. The molecule has 4 rings (SSSR count). The lowest BCUT2D eigenvalue weighted by molar-refractivity contribution is 0.262. The number of nitrogens with one attached hydrogen (secondary N) is 2. The summed E-state index contributed by atoms with van der Waals surface area (Å²) >= 11 is 6.17. The Hall–Kier alpha value is -2.40. The second kappa shape index (κ2) is 8.54. The molecule has 1 heterocycles. The van der Waals surface area contributed by atoms with Gasteiger partial charge in [0.1, 0.15) is 5.82 Å². The highest BCUT2D eigenvalue weighted by Crippen LogP contribution is 2.40. The van der Waals surface area contributed by atoms with Crippen LogP contribution in [0.3, 0.4) is 0 Å². The summed E-state index contributed by atoms with van der Waals surface area (Å²) in [6.07, 6.45) is 14.1. The first-order valence-corrected chi connectivity index (χ1v) is 10.5. The summed E-state index contributed by atoms with van der Waals surface area (Å²) in [5, 5.41) is 0.280. The van der Waals surface area contributed by atoms with Crippen molar-refractivity contribution in [3.05, 3.63) is 91.0 Å². The van der Waals surface area contributed by atoms with Gasteiger partial charge in [0.15, 0.2) is 0 Å². The Balaban J connectivity index is 1.57. The summed E-state index contributed by atoms with van der Waals surface area (Å²) in [6, 6.07) is 4.16. The second-order valence-electron chi connectivity index (χ2n) is 8.04. The summed E-state index contributed by atoms with van der Waals surface area (Å²) in [4.78, 5) is 29.8. The number of hydrogen-bond acceptors (Lipinski definition) is 2. The van der Waals surface area contributed by atoms with Gasteiger partial charge in [-0.25, -0.2) is 9.18 Å². The average molecular weight is 415 g/mol. The quantitative estimate of drug-likeness (QED) is 0.750. The molecule has 2 aliphatic rings. The van der Waals surface area contributed by atoms with Gasteiger partial charge in [-0.15, -0.1) is 0 Å². The van der Waals surface area contributed by atoms with Gasteiger partial charge >= 0.3 is 5.69 Å². The molecule has 1 saturated carbocycles. The minimum absolute atomic E-state index is 0.138. The fourth-order valence-corrected chi connectivity index (χ4v) is 4.93. The van der Waals surface area contributed by atoms with E-state index in [0.29, 0.717) is 28.7 Å². The molecule has 1 aromatic carbocycles. The number of rotatable bonds is 4. The summed E-state index contributed by atoms with van der Waals surface area (Å²) in [7, 11) is 0. The lowest BCUT2D eigenvalue weighted by atomic mass is 9.72. The molecule has 6 heteroatoms. The Morgan fingerprint density at radius 1 is 1.07 bits per heavy atom. The van der Waals surface area contributed by atoms with E-state index in [1.54, 1.807) is 6.07 Å². The molecule has 0 spiro atoms. The van der Waals surface area contributed by atoms with Crippen molar-refractivity contribution >= 4 is 11.6 Å². The topological polar surface area (TPSA) is 65.7 Å². The standard InChI is InChI=1S/C23H24ClFN2O2/c24-20-13-18(25)11-10-17(20)12-19-21(26-23(29)27-22(19)28)16-8-6-15(7-9-16)14-4-2-1-3-5-14/h1-4,10-11,13-16H,5-9,12H2,(H2,26,27,28,29)/t14?,15-,16-. The smallest absolute Gasteiger partial charge is 0.311 e.